The summed E-state index contributed by atoms with van der Waals surface area (Å²) >= 11 is 18.7. The number of nitrogens with zero attached hydrogens (tertiary/aromatic N) is 3. The van der Waals surface area contributed by atoms with Crippen molar-refractivity contribution in [3.05, 3.63) is 55.9 Å². The van der Waals surface area contributed by atoms with Crippen LogP contribution >= 0.6 is 34.8 Å². The van der Waals surface area contributed by atoms with Crippen LogP contribution in [-0.2, 0) is 18.2 Å². The fourth-order valence-electron chi connectivity index (χ4n) is 2.65. The van der Waals surface area contributed by atoms with Crippen molar-refractivity contribution in [3.63, 3.8) is 0 Å². The molecule has 0 saturated heterocycles. The van der Waals surface area contributed by atoms with Gasteiger partial charge in [0.1, 0.15) is 16.5 Å². The molecule has 0 saturated carbocycles. The lowest BCUT2D eigenvalue weighted by Gasteiger charge is -2.10. The first-order valence-corrected chi connectivity index (χ1v) is 8.50. The molecule has 0 radical (unpaired) electrons. The van der Waals surface area contributed by atoms with Crippen LogP contribution < -0.4 is 0 Å². The maximum atomic E-state index is 11.8. The molecule has 3 aromatic rings. The van der Waals surface area contributed by atoms with Gasteiger partial charge in [-0.3, -0.25) is 0 Å². The maximum absolute atomic E-state index is 11.8. The highest BCUT2D eigenvalue weighted by molar-refractivity contribution is 6.38. The largest absolute Gasteiger partial charge is 0.465 e. The van der Waals surface area contributed by atoms with Crippen molar-refractivity contribution < 1.29 is 9.53 Å². The number of hydrogen-bond donors (Lipinski definition) is 0. The Morgan fingerprint density at radius 2 is 1.96 bits per heavy atom. The molecule has 2 heterocycles. The second kappa shape index (κ2) is 6.83. The van der Waals surface area contributed by atoms with Crippen molar-refractivity contribution in [1.82, 2.24) is 14.5 Å². The lowest BCUT2D eigenvalue weighted by Crippen LogP contribution is -2.06. The van der Waals surface area contributed by atoms with Gasteiger partial charge in [-0.15, -0.1) is 0 Å². The van der Waals surface area contributed by atoms with Gasteiger partial charge in [0.25, 0.3) is 0 Å². The Morgan fingerprint density at radius 1 is 1.24 bits per heavy atom. The minimum Gasteiger partial charge on any atom is -0.465 e. The van der Waals surface area contributed by atoms with Gasteiger partial charge in [0.05, 0.1) is 17.7 Å². The molecular weight excluding hydrogens is 385 g/mol. The summed E-state index contributed by atoms with van der Waals surface area (Å²) in [6, 6.07) is 4.93. The van der Waals surface area contributed by atoms with E-state index in [1.54, 1.807) is 18.2 Å². The quantitative estimate of drug-likeness (QED) is 0.477. The summed E-state index contributed by atoms with van der Waals surface area (Å²) in [5.41, 5.74) is 3.24. The number of carbonyl (C=O) groups excluding carboxylic acids is 1. The first kappa shape index (κ1) is 18.0. The molecule has 25 heavy (non-hydrogen) atoms. The van der Waals surface area contributed by atoms with Crippen LogP contribution in [0.15, 0.2) is 18.2 Å². The molecule has 0 aliphatic carbocycles. The van der Waals surface area contributed by atoms with Gasteiger partial charge in [0.2, 0.25) is 0 Å². The zero-order chi connectivity index (χ0) is 18.3. The van der Waals surface area contributed by atoms with Gasteiger partial charge in [-0.05, 0) is 36.2 Å². The molecule has 0 atom stereocenters. The van der Waals surface area contributed by atoms with E-state index in [9.17, 15) is 4.79 Å². The minimum atomic E-state index is -0.516. The van der Waals surface area contributed by atoms with E-state index in [0.29, 0.717) is 33.6 Å². The fourth-order valence-corrected chi connectivity index (χ4v) is 3.48. The summed E-state index contributed by atoms with van der Waals surface area (Å²) in [7, 11) is 3.15. The van der Waals surface area contributed by atoms with Gasteiger partial charge < -0.3 is 9.30 Å². The normalized spacial score (nSPS) is 11.1. The molecule has 0 N–H and O–H groups in total. The SMILES string of the molecule is COC(=O)c1ccc(Cl)c(Cc2nc3c(C)cc(Cl)nc3n2C)c1Cl. The molecule has 0 amide bonds. The zero-order valence-electron chi connectivity index (χ0n) is 13.7. The minimum absolute atomic E-state index is 0.258. The van der Waals surface area contributed by atoms with E-state index in [1.165, 1.54) is 7.11 Å². The molecule has 130 valence electrons. The van der Waals surface area contributed by atoms with Crippen LogP contribution in [0.3, 0.4) is 0 Å². The number of methoxy groups -OCH3 is 1. The molecule has 0 unspecified atom stereocenters. The van der Waals surface area contributed by atoms with Crippen molar-refractivity contribution in [2.75, 3.05) is 7.11 Å². The Morgan fingerprint density at radius 3 is 2.64 bits per heavy atom. The highest BCUT2D eigenvalue weighted by Gasteiger charge is 2.20. The third-order valence-corrected chi connectivity index (χ3v) is 4.99. The van der Waals surface area contributed by atoms with Crippen molar-refractivity contribution >= 4 is 51.9 Å². The average Bonchev–Trinajstić information content (AvgIpc) is 2.88. The number of carbonyl (C=O) groups is 1. The van der Waals surface area contributed by atoms with E-state index in [1.807, 2.05) is 18.5 Å². The number of aromatic nitrogens is 3. The predicted molar refractivity (Wildman–Crippen MR) is 98.9 cm³/mol. The second-order valence-electron chi connectivity index (χ2n) is 5.58. The van der Waals surface area contributed by atoms with Crippen LogP contribution in [0.1, 0.15) is 27.3 Å². The Balaban J connectivity index is 2.12. The Bertz CT molecular complexity index is 999. The summed E-state index contributed by atoms with van der Waals surface area (Å²) < 4.78 is 6.59. The Labute approximate surface area is 159 Å². The summed E-state index contributed by atoms with van der Waals surface area (Å²) in [6.07, 6.45) is 0.340. The van der Waals surface area contributed by atoms with Crippen molar-refractivity contribution in [1.29, 1.82) is 0 Å². The monoisotopic (exact) mass is 397 g/mol. The Hall–Kier alpha value is -1.82. The highest BCUT2D eigenvalue weighted by atomic mass is 35.5. The summed E-state index contributed by atoms with van der Waals surface area (Å²) in [5, 5.41) is 1.12. The smallest absolute Gasteiger partial charge is 0.339 e. The fraction of sp³-hybridized carbons (Fsp3) is 0.235. The van der Waals surface area contributed by atoms with Crippen molar-refractivity contribution in [2.24, 2.45) is 7.05 Å². The molecule has 8 heteroatoms. The van der Waals surface area contributed by atoms with E-state index in [2.05, 4.69) is 9.97 Å². The lowest BCUT2D eigenvalue weighted by atomic mass is 10.1. The number of pyridine rings is 1. The van der Waals surface area contributed by atoms with Gasteiger partial charge in [0, 0.05) is 18.5 Å². The number of hydrogen-bond acceptors (Lipinski definition) is 4. The molecule has 0 bridgehead atoms. The van der Waals surface area contributed by atoms with E-state index in [4.69, 9.17) is 39.5 Å². The van der Waals surface area contributed by atoms with Crippen LogP contribution in [-0.4, -0.2) is 27.6 Å². The second-order valence-corrected chi connectivity index (χ2v) is 6.75. The number of esters is 1. The summed E-state index contributed by atoms with van der Waals surface area (Å²) in [6.45, 7) is 1.92. The number of rotatable bonds is 3. The topological polar surface area (TPSA) is 57.0 Å². The molecule has 0 fully saturated rings. The van der Waals surface area contributed by atoms with E-state index < -0.39 is 5.97 Å². The molecule has 2 aromatic heterocycles. The molecule has 0 spiro atoms. The summed E-state index contributed by atoms with van der Waals surface area (Å²) in [5.74, 6) is 0.191. The van der Waals surface area contributed by atoms with Gasteiger partial charge in [-0.25, -0.2) is 14.8 Å². The van der Waals surface area contributed by atoms with Crippen LogP contribution in [0, 0.1) is 6.92 Å². The molecule has 0 aliphatic rings. The van der Waals surface area contributed by atoms with Gasteiger partial charge >= 0.3 is 5.97 Å². The Kier molecular flexibility index (Phi) is 4.91. The van der Waals surface area contributed by atoms with E-state index in [0.717, 1.165) is 11.1 Å². The average molecular weight is 399 g/mol. The number of aryl methyl sites for hydroxylation is 2. The van der Waals surface area contributed by atoms with Crippen molar-refractivity contribution in [3.8, 4) is 0 Å². The van der Waals surface area contributed by atoms with Gasteiger partial charge in [0.15, 0.2) is 5.65 Å². The molecular formula is C17H14Cl3N3O2. The lowest BCUT2D eigenvalue weighted by molar-refractivity contribution is 0.0601. The van der Waals surface area contributed by atoms with Crippen molar-refractivity contribution in [2.45, 2.75) is 13.3 Å². The number of benzene rings is 1. The standard InChI is InChI=1S/C17H14Cl3N3O2/c1-8-6-12(19)21-16-15(8)22-13(23(16)2)7-10-11(18)5-4-9(14(10)20)17(24)25-3/h4-6H,7H2,1-3H3. The number of imidazole rings is 1. The summed E-state index contributed by atoms with van der Waals surface area (Å²) in [4.78, 5) is 20.8. The number of fused-ring (bicyclic) bond motifs is 1. The molecule has 3 rings (SSSR count). The van der Waals surface area contributed by atoms with Crippen LogP contribution in [0.5, 0.6) is 0 Å². The maximum Gasteiger partial charge on any atom is 0.339 e. The molecule has 0 aliphatic heterocycles. The van der Waals surface area contributed by atoms with Crippen LogP contribution in [0.2, 0.25) is 15.2 Å². The van der Waals surface area contributed by atoms with Crippen LogP contribution in [0.4, 0.5) is 0 Å². The number of halogens is 3. The molecule has 5 nitrogen and oxygen atoms in total. The van der Waals surface area contributed by atoms with Gasteiger partial charge in [-0.2, -0.15) is 0 Å². The first-order chi connectivity index (χ1) is 11.8. The van der Waals surface area contributed by atoms with Gasteiger partial charge in [-0.1, -0.05) is 34.8 Å². The zero-order valence-corrected chi connectivity index (χ0v) is 16.0. The third kappa shape index (κ3) is 3.19. The van der Waals surface area contributed by atoms with Crippen LogP contribution in [0.25, 0.3) is 11.2 Å². The van der Waals surface area contributed by atoms with E-state index in [-0.39, 0.29) is 10.6 Å². The first-order valence-electron chi connectivity index (χ1n) is 7.37. The number of ether oxygens (including phenoxy) is 1. The van der Waals surface area contributed by atoms with E-state index >= 15 is 0 Å². The highest BCUT2D eigenvalue weighted by Crippen LogP contribution is 2.31. The third-order valence-electron chi connectivity index (χ3n) is 4.01. The predicted octanol–water partition coefficient (Wildman–Crippen LogP) is 4.61. The molecule has 1 aromatic carbocycles.